The number of halogens is 1. The number of fused-ring (bicyclic) bond motifs is 1. The third-order valence-electron chi connectivity index (χ3n) is 4.25. The van der Waals surface area contributed by atoms with Crippen molar-refractivity contribution < 1.29 is 9.18 Å². The summed E-state index contributed by atoms with van der Waals surface area (Å²) >= 11 is 1.70. The Balaban J connectivity index is 1.52. The number of nitrogens with zero attached hydrogens (tertiary/aromatic N) is 2. The molecule has 1 atom stereocenters. The zero-order valence-corrected chi connectivity index (χ0v) is 14.2. The van der Waals surface area contributed by atoms with E-state index in [0.29, 0.717) is 5.56 Å². The van der Waals surface area contributed by atoms with E-state index in [-0.39, 0.29) is 17.8 Å². The van der Waals surface area contributed by atoms with Crippen LogP contribution in [0, 0.1) is 5.82 Å². The first-order chi connectivity index (χ1) is 12.2. The molecule has 0 aliphatic carbocycles. The summed E-state index contributed by atoms with van der Waals surface area (Å²) in [5.74, 6) is 0.484. The van der Waals surface area contributed by atoms with Gasteiger partial charge < -0.3 is 9.88 Å². The van der Waals surface area contributed by atoms with E-state index in [1.54, 1.807) is 42.5 Å². The van der Waals surface area contributed by atoms with Gasteiger partial charge in [0.15, 0.2) is 0 Å². The fraction of sp³-hybridized carbons (Fsp3) is 0.158. The maximum atomic E-state index is 13.6. The van der Waals surface area contributed by atoms with Crippen LogP contribution in [0.2, 0.25) is 0 Å². The summed E-state index contributed by atoms with van der Waals surface area (Å²) in [5, 5.41) is 3.03. The van der Waals surface area contributed by atoms with Crippen molar-refractivity contribution in [3.8, 4) is 5.69 Å². The molecule has 1 aliphatic rings. The molecule has 4 rings (SSSR count). The molecule has 3 aromatic rings. The van der Waals surface area contributed by atoms with Gasteiger partial charge in [-0.3, -0.25) is 4.79 Å². The second kappa shape index (κ2) is 6.72. The molecule has 0 fully saturated rings. The van der Waals surface area contributed by atoms with Crippen molar-refractivity contribution in [2.45, 2.75) is 17.4 Å². The van der Waals surface area contributed by atoms with E-state index < -0.39 is 0 Å². The lowest BCUT2D eigenvalue weighted by atomic mass is 10.0. The van der Waals surface area contributed by atoms with Crippen LogP contribution < -0.4 is 5.32 Å². The Bertz CT molecular complexity index is 894. The number of hydrogen-bond acceptors (Lipinski definition) is 3. The first-order valence-corrected chi connectivity index (χ1v) is 9.01. The van der Waals surface area contributed by atoms with Crippen LogP contribution in [0.1, 0.15) is 28.4 Å². The Labute approximate surface area is 149 Å². The van der Waals surface area contributed by atoms with Crippen molar-refractivity contribution in [3.05, 3.63) is 78.1 Å². The quantitative estimate of drug-likeness (QED) is 0.775. The number of amides is 1. The van der Waals surface area contributed by atoms with E-state index in [0.717, 1.165) is 28.3 Å². The summed E-state index contributed by atoms with van der Waals surface area (Å²) < 4.78 is 15.5. The molecule has 0 bridgehead atoms. The van der Waals surface area contributed by atoms with E-state index in [2.05, 4.69) is 10.3 Å². The lowest BCUT2D eigenvalue weighted by Gasteiger charge is -2.26. The maximum Gasteiger partial charge on any atom is 0.251 e. The second-order valence-corrected chi connectivity index (χ2v) is 7.00. The van der Waals surface area contributed by atoms with Gasteiger partial charge in [-0.15, -0.1) is 11.8 Å². The predicted molar refractivity (Wildman–Crippen MR) is 95.5 cm³/mol. The fourth-order valence-electron chi connectivity index (χ4n) is 2.95. The van der Waals surface area contributed by atoms with Crippen molar-refractivity contribution in [2.75, 3.05) is 5.75 Å². The SMILES string of the molecule is O=C(NC1CCSc2ccc(F)cc21)c1ccc(-n2ccnc2)cc1. The van der Waals surface area contributed by atoms with Crippen LogP contribution >= 0.6 is 11.8 Å². The summed E-state index contributed by atoms with van der Waals surface area (Å²) in [4.78, 5) is 17.6. The smallest absolute Gasteiger partial charge is 0.251 e. The molecule has 2 aromatic carbocycles. The largest absolute Gasteiger partial charge is 0.345 e. The highest BCUT2D eigenvalue weighted by molar-refractivity contribution is 7.99. The lowest BCUT2D eigenvalue weighted by molar-refractivity contribution is 0.0935. The zero-order chi connectivity index (χ0) is 17.2. The van der Waals surface area contributed by atoms with Crippen LogP contribution in [0.25, 0.3) is 5.69 Å². The van der Waals surface area contributed by atoms with Gasteiger partial charge in [0, 0.05) is 34.3 Å². The molecule has 1 unspecified atom stereocenters. The second-order valence-electron chi connectivity index (χ2n) is 5.86. The van der Waals surface area contributed by atoms with Gasteiger partial charge in [0.1, 0.15) is 5.82 Å². The van der Waals surface area contributed by atoms with Crippen molar-refractivity contribution in [3.63, 3.8) is 0 Å². The van der Waals surface area contributed by atoms with Gasteiger partial charge in [0.05, 0.1) is 12.4 Å². The third-order valence-corrected chi connectivity index (χ3v) is 5.37. The number of benzene rings is 2. The van der Waals surface area contributed by atoms with Crippen molar-refractivity contribution in [1.82, 2.24) is 14.9 Å². The number of carbonyl (C=O) groups is 1. The number of imidazole rings is 1. The molecule has 1 aliphatic heterocycles. The topological polar surface area (TPSA) is 46.9 Å². The summed E-state index contributed by atoms with van der Waals surface area (Å²) in [7, 11) is 0. The number of carbonyl (C=O) groups excluding carboxylic acids is 1. The maximum absolute atomic E-state index is 13.6. The number of hydrogen-bond donors (Lipinski definition) is 1. The van der Waals surface area contributed by atoms with E-state index in [9.17, 15) is 9.18 Å². The Morgan fingerprint density at radius 3 is 2.84 bits per heavy atom. The van der Waals surface area contributed by atoms with Crippen molar-refractivity contribution in [1.29, 1.82) is 0 Å². The lowest BCUT2D eigenvalue weighted by Crippen LogP contribution is -2.30. The first-order valence-electron chi connectivity index (χ1n) is 8.02. The average Bonchev–Trinajstić information content (AvgIpc) is 3.17. The highest BCUT2D eigenvalue weighted by Crippen LogP contribution is 2.36. The molecule has 1 aromatic heterocycles. The average molecular weight is 353 g/mol. The van der Waals surface area contributed by atoms with Crippen LogP contribution in [0.5, 0.6) is 0 Å². The zero-order valence-electron chi connectivity index (χ0n) is 13.4. The van der Waals surface area contributed by atoms with Gasteiger partial charge in [-0.05, 0) is 54.4 Å². The molecular weight excluding hydrogens is 337 g/mol. The van der Waals surface area contributed by atoms with Gasteiger partial charge >= 0.3 is 0 Å². The highest BCUT2D eigenvalue weighted by Gasteiger charge is 2.23. The number of nitrogens with one attached hydrogen (secondary N) is 1. The molecule has 126 valence electrons. The number of rotatable bonds is 3. The minimum absolute atomic E-state index is 0.149. The Hall–Kier alpha value is -2.60. The number of thioether (sulfide) groups is 1. The normalized spacial score (nSPS) is 16.3. The summed E-state index contributed by atoms with van der Waals surface area (Å²) in [6.07, 6.45) is 6.05. The van der Waals surface area contributed by atoms with E-state index in [4.69, 9.17) is 0 Å². The van der Waals surface area contributed by atoms with Gasteiger partial charge in [-0.2, -0.15) is 0 Å². The molecule has 4 nitrogen and oxygen atoms in total. The van der Waals surface area contributed by atoms with Crippen molar-refractivity contribution in [2.24, 2.45) is 0 Å². The fourth-order valence-corrected chi connectivity index (χ4v) is 4.06. The molecule has 1 amide bonds. The molecular formula is C19H16FN3OS. The van der Waals surface area contributed by atoms with Gasteiger partial charge in [-0.1, -0.05) is 0 Å². The molecule has 25 heavy (non-hydrogen) atoms. The van der Waals surface area contributed by atoms with Crippen LogP contribution in [0.3, 0.4) is 0 Å². The highest BCUT2D eigenvalue weighted by atomic mass is 32.2. The van der Waals surface area contributed by atoms with Gasteiger partial charge in [0.25, 0.3) is 5.91 Å². The van der Waals surface area contributed by atoms with Crippen molar-refractivity contribution >= 4 is 17.7 Å². The van der Waals surface area contributed by atoms with Crippen LogP contribution in [-0.4, -0.2) is 21.2 Å². The summed E-state index contributed by atoms with van der Waals surface area (Å²) in [6.45, 7) is 0. The third kappa shape index (κ3) is 3.30. The minimum Gasteiger partial charge on any atom is -0.345 e. The van der Waals surface area contributed by atoms with E-state index in [1.807, 2.05) is 22.9 Å². The molecule has 0 saturated heterocycles. The van der Waals surface area contributed by atoms with E-state index in [1.165, 1.54) is 12.1 Å². The predicted octanol–water partition coefficient (Wildman–Crippen LogP) is 3.98. The molecule has 0 radical (unpaired) electrons. The number of aromatic nitrogens is 2. The summed E-state index contributed by atoms with van der Waals surface area (Å²) in [6, 6.07) is 11.9. The first kappa shape index (κ1) is 15.9. The van der Waals surface area contributed by atoms with Crippen LogP contribution in [0.4, 0.5) is 4.39 Å². The van der Waals surface area contributed by atoms with Gasteiger partial charge in [-0.25, -0.2) is 9.37 Å². The molecule has 0 spiro atoms. The Kier molecular flexibility index (Phi) is 4.28. The monoisotopic (exact) mass is 353 g/mol. The standard InChI is InChI=1S/C19H16FN3OS/c20-14-3-6-18-16(11-14)17(7-10-25-18)22-19(24)13-1-4-15(5-2-13)23-9-8-21-12-23/h1-6,8-9,11-12,17H,7,10H2,(H,22,24). The Morgan fingerprint density at radius 1 is 1.24 bits per heavy atom. The molecule has 1 N–H and O–H groups in total. The molecule has 6 heteroatoms. The van der Waals surface area contributed by atoms with Crippen LogP contribution in [-0.2, 0) is 0 Å². The Morgan fingerprint density at radius 2 is 2.08 bits per heavy atom. The van der Waals surface area contributed by atoms with Crippen LogP contribution in [0.15, 0.2) is 66.1 Å². The molecule has 2 heterocycles. The molecule has 0 saturated carbocycles. The summed E-state index contributed by atoms with van der Waals surface area (Å²) in [5.41, 5.74) is 2.38. The van der Waals surface area contributed by atoms with E-state index >= 15 is 0 Å². The minimum atomic E-state index is -0.273. The van der Waals surface area contributed by atoms with Gasteiger partial charge in [0.2, 0.25) is 0 Å².